The lowest BCUT2D eigenvalue weighted by Gasteiger charge is -2.27. The van der Waals surface area contributed by atoms with Crippen molar-refractivity contribution in [3.05, 3.63) is 120 Å². The highest BCUT2D eigenvalue weighted by Gasteiger charge is 2.33. The van der Waals surface area contributed by atoms with E-state index in [1.807, 2.05) is 48.5 Å². The molecule has 0 saturated heterocycles. The molecular formula is C39H44N4O7. The molecule has 0 saturated carbocycles. The van der Waals surface area contributed by atoms with Crippen LogP contribution in [-0.4, -0.2) is 66.5 Å². The van der Waals surface area contributed by atoms with Gasteiger partial charge in [-0.3, -0.25) is 19.2 Å². The molecule has 0 bridgehead atoms. The summed E-state index contributed by atoms with van der Waals surface area (Å²) in [5.74, 6) is -2.69. The summed E-state index contributed by atoms with van der Waals surface area (Å²) in [5.41, 5.74) is 1.14. The van der Waals surface area contributed by atoms with Crippen LogP contribution >= 0.6 is 0 Å². The molecule has 4 amide bonds. The van der Waals surface area contributed by atoms with Gasteiger partial charge in [0.2, 0.25) is 17.7 Å². The number of amides is 4. The van der Waals surface area contributed by atoms with Gasteiger partial charge in [-0.05, 0) is 48.2 Å². The molecule has 4 rings (SSSR count). The summed E-state index contributed by atoms with van der Waals surface area (Å²) in [7, 11) is 3.16. The molecule has 0 aromatic heterocycles. The first kappa shape index (κ1) is 37.1. The van der Waals surface area contributed by atoms with Gasteiger partial charge in [-0.1, -0.05) is 103 Å². The monoisotopic (exact) mass is 680 g/mol. The lowest BCUT2D eigenvalue weighted by molar-refractivity contribution is -0.147. The minimum absolute atomic E-state index is 0.0440. The number of carbonyl (C=O) groups is 5. The fourth-order valence-corrected chi connectivity index (χ4v) is 5.27. The maximum atomic E-state index is 14.0. The molecular weight excluding hydrogens is 636 g/mol. The molecule has 0 unspecified atom stereocenters. The van der Waals surface area contributed by atoms with E-state index in [0.29, 0.717) is 5.56 Å². The normalized spacial score (nSPS) is 12.9. The Hall–Kier alpha value is -5.71. The summed E-state index contributed by atoms with van der Waals surface area (Å²) in [6.07, 6.45) is -1.25. The summed E-state index contributed by atoms with van der Waals surface area (Å²) < 4.78 is 10.8. The van der Waals surface area contributed by atoms with Gasteiger partial charge >= 0.3 is 12.1 Å². The van der Waals surface area contributed by atoms with Crippen molar-refractivity contribution in [2.24, 2.45) is 0 Å². The largest absolute Gasteiger partial charge is 0.461 e. The third-order valence-corrected chi connectivity index (χ3v) is 7.66. The molecule has 0 heterocycles. The van der Waals surface area contributed by atoms with Gasteiger partial charge in [0.1, 0.15) is 30.3 Å². The maximum absolute atomic E-state index is 14.0. The molecule has 0 aliphatic rings. The second-order valence-corrected chi connectivity index (χ2v) is 13.0. The highest BCUT2D eigenvalue weighted by atomic mass is 16.6. The SMILES string of the molecule is CN(C)C(=O)[C@H](Cc1cccc2ccccc12)NC(=O)[C@H](CC(=O)OCc1ccccc1)NC(=O)[C@@H](NC(=O)OC(C)(C)C)c1ccccc1. The van der Waals surface area contributed by atoms with Gasteiger partial charge in [0.15, 0.2) is 0 Å². The molecule has 11 heteroatoms. The van der Waals surface area contributed by atoms with Crippen LogP contribution < -0.4 is 16.0 Å². The van der Waals surface area contributed by atoms with Crippen LogP contribution in [-0.2, 0) is 41.7 Å². The fraction of sp³-hybridized carbons (Fsp3) is 0.308. The van der Waals surface area contributed by atoms with Gasteiger partial charge in [-0.25, -0.2) is 4.79 Å². The minimum Gasteiger partial charge on any atom is -0.461 e. The van der Waals surface area contributed by atoms with Crippen LogP contribution in [0.25, 0.3) is 10.8 Å². The Bertz CT molecular complexity index is 1780. The predicted molar refractivity (Wildman–Crippen MR) is 190 cm³/mol. The number of hydrogen-bond acceptors (Lipinski definition) is 7. The van der Waals surface area contributed by atoms with Crippen molar-refractivity contribution in [1.82, 2.24) is 20.9 Å². The van der Waals surface area contributed by atoms with E-state index in [4.69, 9.17) is 9.47 Å². The van der Waals surface area contributed by atoms with E-state index in [2.05, 4.69) is 16.0 Å². The molecule has 262 valence electrons. The van der Waals surface area contributed by atoms with Crippen molar-refractivity contribution in [3.63, 3.8) is 0 Å². The number of esters is 1. The van der Waals surface area contributed by atoms with Crippen LogP contribution in [0.4, 0.5) is 4.79 Å². The van der Waals surface area contributed by atoms with E-state index in [0.717, 1.165) is 21.9 Å². The van der Waals surface area contributed by atoms with Crippen molar-refractivity contribution in [3.8, 4) is 0 Å². The van der Waals surface area contributed by atoms with Gasteiger partial charge in [-0.2, -0.15) is 0 Å². The Morgan fingerprint density at radius 1 is 0.700 bits per heavy atom. The van der Waals surface area contributed by atoms with Crippen LogP contribution in [0.5, 0.6) is 0 Å². The van der Waals surface area contributed by atoms with E-state index in [1.54, 1.807) is 89.5 Å². The fourth-order valence-electron chi connectivity index (χ4n) is 5.27. The Morgan fingerprint density at radius 2 is 1.30 bits per heavy atom. The van der Waals surface area contributed by atoms with Crippen LogP contribution in [0, 0.1) is 0 Å². The molecule has 50 heavy (non-hydrogen) atoms. The summed E-state index contributed by atoms with van der Waals surface area (Å²) in [4.78, 5) is 68.7. The first-order valence-corrected chi connectivity index (χ1v) is 16.3. The summed E-state index contributed by atoms with van der Waals surface area (Å²) in [5, 5.41) is 9.89. The Morgan fingerprint density at radius 3 is 1.96 bits per heavy atom. The van der Waals surface area contributed by atoms with Crippen molar-refractivity contribution in [1.29, 1.82) is 0 Å². The molecule has 4 aromatic rings. The van der Waals surface area contributed by atoms with Crippen molar-refractivity contribution in [2.45, 2.75) is 63.9 Å². The molecule has 3 atom stereocenters. The summed E-state index contributed by atoms with van der Waals surface area (Å²) in [6.45, 7) is 5.03. The minimum atomic E-state index is -1.47. The average Bonchev–Trinajstić information content (AvgIpc) is 3.08. The molecule has 0 fully saturated rings. The lowest BCUT2D eigenvalue weighted by atomic mass is 9.97. The molecule has 0 radical (unpaired) electrons. The van der Waals surface area contributed by atoms with Gasteiger partial charge in [0.05, 0.1) is 6.42 Å². The topological polar surface area (TPSA) is 143 Å². The molecule has 0 spiro atoms. The number of carbonyl (C=O) groups excluding carboxylic acids is 5. The van der Waals surface area contributed by atoms with E-state index in [9.17, 15) is 24.0 Å². The van der Waals surface area contributed by atoms with Crippen LogP contribution in [0.15, 0.2) is 103 Å². The molecule has 3 N–H and O–H groups in total. The van der Waals surface area contributed by atoms with Crippen LogP contribution in [0.2, 0.25) is 0 Å². The zero-order chi connectivity index (χ0) is 36.3. The standard InChI is InChI=1S/C39H44N4O7/c1-39(2,3)50-38(48)42-34(28-18-10-7-11-19-28)36(46)40-31(24-33(44)49-25-26-15-8-6-9-16-26)35(45)41-32(37(47)43(4)5)23-29-21-14-20-27-17-12-13-22-30(27)29/h6-22,31-32,34H,23-25H2,1-5H3,(H,40,46)(H,41,45)(H,42,48)/t31-,32-,34-/m0/s1. The number of nitrogens with zero attached hydrogens (tertiary/aromatic N) is 1. The van der Waals surface area contributed by atoms with E-state index in [1.165, 1.54) is 4.90 Å². The highest BCUT2D eigenvalue weighted by Crippen LogP contribution is 2.21. The van der Waals surface area contributed by atoms with E-state index >= 15 is 0 Å². The summed E-state index contributed by atoms with van der Waals surface area (Å²) in [6, 6.07) is 27.1. The maximum Gasteiger partial charge on any atom is 0.408 e. The lowest BCUT2D eigenvalue weighted by Crippen LogP contribution is -2.56. The number of alkyl carbamates (subject to hydrolysis) is 1. The van der Waals surface area contributed by atoms with Gasteiger partial charge in [-0.15, -0.1) is 0 Å². The molecule has 0 aliphatic carbocycles. The number of ether oxygens (including phenoxy) is 2. The summed E-state index contributed by atoms with van der Waals surface area (Å²) >= 11 is 0. The number of benzene rings is 4. The Balaban J connectivity index is 1.61. The second kappa shape index (κ2) is 17.1. The third kappa shape index (κ3) is 10.9. The number of fused-ring (bicyclic) bond motifs is 1. The van der Waals surface area contributed by atoms with Gasteiger partial charge in [0.25, 0.3) is 0 Å². The van der Waals surface area contributed by atoms with Gasteiger partial charge < -0.3 is 30.3 Å². The Labute approximate surface area is 292 Å². The molecule has 0 aliphatic heterocycles. The molecule has 11 nitrogen and oxygen atoms in total. The van der Waals surface area contributed by atoms with E-state index in [-0.39, 0.29) is 18.9 Å². The van der Waals surface area contributed by atoms with Crippen LogP contribution in [0.1, 0.15) is 49.9 Å². The number of nitrogens with one attached hydrogen (secondary N) is 3. The van der Waals surface area contributed by atoms with Gasteiger partial charge in [0, 0.05) is 20.5 Å². The number of hydrogen-bond donors (Lipinski definition) is 3. The van der Waals surface area contributed by atoms with Crippen LogP contribution in [0.3, 0.4) is 0 Å². The number of rotatable bonds is 13. The predicted octanol–water partition coefficient (Wildman–Crippen LogP) is 4.84. The molecule has 4 aromatic carbocycles. The van der Waals surface area contributed by atoms with E-state index < -0.39 is 54.0 Å². The Kier molecular flexibility index (Phi) is 12.7. The van der Waals surface area contributed by atoms with Crippen molar-refractivity contribution < 1.29 is 33.4 Å². The highest BCUT2D eigenvalue weighted by molar-refractivity contribution is 5.96. The first-order chi connectivity index (χ1) is 23.8. The zero-order valence-corrected chi connectivity index (χ0v) is 29.0. The smallest absolute Gasteiger partial charge is 0.408 e. The third-order valence-electron chi connectivity index (χ3n) is 7.66. The second-order valence-electron chi connectivity index (χ2n) is 13.0. The van der Waals surface area contributed by atoms with Crippen molar-refractivity contribution >= 4 is 40.6 Å². The zero-order valence-electron chi connectivity index (χ0n) is 29.0. The van der Waals surface area contributed by atoms with Crippen molar-refractivity contribution in [2.75, 3.05) is 14.1 Å². The quantitative estimate of drug-likeness (QED) is 0.172. The number of likely N-dealkylation sites (N-methyl/N-ethyl adjacent to an activating group) is 1. The average molecular weight is 681 g/mol. The first-order valence-electron chi connectivity index (χ1n) is 16.3.